The molecule has 6 heteroatoms. The molecule has 2 nitrogen and oxygen atoms in total. The summed E-state index contributed by atoms with van der Waals surface area (Å²) in [7, 11) is 0. The highest BCUT2D eigenvalue weighted by Gasteiger charge is 2.35. The van der Waals surface area contributed by atoms with E-state index in [4.69, 9.17) is 5.26 Å². The number of alkyl halides is 3. The summed E-state index contributed by atoms with van der Waals surface area (Å²) in [6.07, 6.45) is -4.43. The van der Waals surface area contributed by atoms with Crippen molar-refractivity contribution in [2.45, 2.75) is 25.4 Å². The summed E-state index contributed by atoms with van der Waals surface area (Å²) in [4.78, 5) is 3.40. The van der Waals surface area contributed by atoms with Crippen LogP contribution in [0.25, 0.3) is 0 Å². The Hall–Kier alpha value is -1.09. The van der Waals surface area contributed by atoms with Gasteiger partial charge < -0.3 is 0 Å². The maximum Gasteiger partial charge on any atom is 0.434 e. The Morgan fingerprint density at radius 2 is 2.00 bits per heavy atom. The van der Waals surface area contributed by atoms with Crippen LogP contribution in [-0.4, -0.2) is 4.98 Å². The van der Waals surface area contributed by atoms with Crippen molar-refractivity contribution in [1.82, 2.24) is 4.98 Å². The first-order valence-electron chi connectivity index (χ1n) is 3.72. The molecule has 1 heterocycles. The van der Waals surface area contributed by atoms with Crippen molar-refractivity contribution < 1.29 is 13.2 Å². The van der Waals surface area contributed by atoms with E-state index in [9.17, 15) is 13.2 Å². The normalized spacial score (nSPS) is 12.6. The topological polar surface area (TPSA) is 36.7 Å². The third kappa shape index (κ3) is 2.04. The van der Waals surface area contributed by atoms with Crippen LogP contribution in [0, 0.1) is 11.3 Å². The van der Waals surface area contributed by atoms with E-state index in [1.807, 2.05) is 6.07 Å². The van der Waals surface area contributed by atoms with E-state index >= 15 is 0 Å². The Morgan fingerprint density at radius 1 is 1.43 bits per heavy atom. The molecular weight excluding hydrogens is 213 g/mol. The molecule has 0 spiro atoms. The van der Waals surface area contributed by atoms with Crippen LogP contribution >= 0.6 is 11.3 Å². The smallest absolute Gasteiger partial charge is 0.235 e. The van der Waals surface area contributed by atoms with Crippen molar-refractivity contribution in [1.29, 1.82) is 5.26 Å². The van der Waals surface area contributed by atoms with Crippen LogP contribution in [-0.2, 0) is 11.6 Å². The van der Waals surface area contributed by atoms with Crippen molar-refractivity contribution in [3.05, 3.63) is 16.1 Å². The first kappa shape index (κ1) is 11.0. The number of thiazole rings is 1. The Kier molecular flexibility index (Phi) is 2.54. The van der Waals surface area contributed by atoms with Gasteiger partial charge in [0.1, 0.15) is 10.4 Å². The van der Waals surface area contributed by atoms with E-state index in [-0.39, 0.29) is 5.01 Å². The SMILES string of the molecule is CC(C)(C#N)c1nc(C(F)(F)F)cs1. The number of nitrogens with zero attached hydrogens (tertiary/aromatic N) is 2. The van der Waals surface area contributed by atoms with Gasteiger partial charge in [-0.05, 0) is 13.8 Å². The molecule has 0 amide bonds. The first-order valence-corrected chi connectivity index (χ1v) is 4.60. The standard InChI is InChI=1S/C8H7F3N2S/c1-7(2,4-12)6-13-5(3-14-6)8(9,10)11/h3H,1-2H3. The molecule has 0 aliphatic carbocycles. The van der Waals surface area contributed by atoms with Crippen LogP contribution in [0.5, 0.6) is 0 Å². The van der Waals surface area contributed by atoms with Gasteiger partial charge in [-0.15, -0.1) is 11.3 Å². The zero-order valence-corrected chi connectivity index (χ0v) is 8.33. The average Bonchev–Trinajstić information content (AvgIpc) is 2.51. The second kappa shape index (κ2) is 3.24. The highest BCUT2D eigenvalue weighted by Crippen LogP contribution is 2.33. The fourth-order valence-electron chi connectivity index (χ4n) is 0.739. The van der Waals surface area contributed by atoms with Crippen LogP contribution in [0.3, 0.4) is 0 Å². The fourth-order valence-corrected chi connectivity index (χ4v) is 1.64. The predicted molar refractivity (Wildman–Crippen MR) is 45.8 cm³/mol. The number of halogens is 3. The molecule has 0 saturated carbocycles. The van der Waals surface area contributed by atoms with Gasteiger partial charge in [-0.3, -0.25) is 0 Å². The Morgan fingerprint density at radius 3 is 2.36 bits per heavy atom. The van der Waals surface area contributed by atoms with Gasteiger partial charge in [-0.2, -0.15) is 18.4 Å². The van der Waals surface area contributed by atoms with Gasteiger partial charge in [0.25, 0.3) is 0 Å². The third-order valence-electron chi connectivity index (χ3n) is 1.61. The lowest BCUT2D eigenvalue weighted by molar-refractivity contribution is -0.140. The average molecular weight is 220 g/mol. The largest absolute Gasteiger partial charge is 0.434 e. The van der Waals surface area contributed by atoms with Gasteiger partial charge in [-0.25, -0.2) is 4.98 Å². The number of nitriles is 1. The lowest BCUT2D eigenvalue weighted by Gasteiger charge is -2.10. The molecule has 0 fully saturated rings. The van der Waals surface area contributed by atoms with Crippen molar-refractivity contribution in [3.63, 3.8) is 0 Å². The highest BCUT2D eigenvalue weighted by atomic mass is 32.1. The lowest BCUT2D eigenvalue weighted by atomic mass is 9.97. The molecule has 1 rings (SSSR count). The number of rotatable bonds is 1. The van der Waals surface area contributed by atoms with Crippen molar-refractivity contribution in [2.24, 2.45) is 0 Å². The minimum Gasteiger partial charge on any atom is -0.235 e. The number of hydrogen-bond acceptors (Lipinski definition) is 3. The fraction of sp³-hybridized carbons (Fsp3) is 0.500. The van der Waals surface area contributed by atoms with Gasteiger partial charge in [0, 0.05) is 5.38 Å². The summed E-state index contributed by atoms with van der Waals surface area (Å²) >= 11 is 0.854. The van der Waals surface area contributed by atoms with Gasteiger partial charge >= 0.3 is 6.18 Å². The third-order valence-corrected chi connectivity index (χ3v) is 2.77. The maximum atomic E-state index is 12.2. The first-order chi connectivity index (χ1) is 6.27. The van der Waals surface area contributed by atoms with Crippen LogP contribution in [0.15, 0.2) is 5.38 Å². The molecule has 0 aromatic carbocycles. The van der Waals surface area contributed by atoms with E-state index in [1.54, 1.807) is 0 Å². The van der Waals surface area contributed by atoms with E-state index in [2.05, 4.69) is 4.98 Å². The molecule has 1 aromatic rings. The lowest BCUT2D eigenvalue weighted by Crippen LogP contribution is -2.14. The van der Waals surface area contributed by atoms with Crippen molar-refractivity contribution in [2.75, 3.05) is 0 Å². The zero-order chi connectivity index (χ0) is 11.0. The molecule has 14 heavy (non-hydrogen) atoms. The van der Waals surface area contributed by atoms with E-state index in [1.165, 1.54) is 13.8 Å². The molecule has 0 radical (unpaired) electrons. The van der Waals surface area contributed by atoms with Crippen LogP contribution in [0.1, 0.15) is 24.5 Å². The van der Waals surface area contributed by atoms with Gasteiger partial charge in [0.2, 0.25) is 0 Å². The molecule has 0 saturated heterocycles. The summed E-state index contributed by atoms with van der Waals surface area (Å²) in [5, 5.41) is 9.81. The highest BCUT2D eigenvalue weighted by molar-refractivity contribution is 7.09. The number of aromatic nitrogens is 1. The maximum absolute atomic E-state index is 12.2. The molecule has 0 atom stereocenters. The van der Waals surface area contributed by atoms with E-state index in [0.29, 0.717) is 0 Å². The minimum atomic E-state index is -4.43. The molecule has 76 valence electrons. The van der Waals surface area contributed by atoms with Crippen LogP contribution in [0.4, 0.5) is 13.2 Å². The molecule has 0 aliphatic heterocycles. The van der Waals surface area contributed by atoms with Crippen molar-refractivity contribution in [3.8, 4) is 6.07 Å². The Balaban J connectivity index is 3.08. The van der Waals surface area contributed by atoms with E-state index < -0.39 is 17.3 Å². The van der Waals surface area contributed by atoms with Gasteiger partial charge in [-0.1, -0.05) is 0 Å². The molecule has 1 aromatic heterocycles. The van der Waals surface area contributed by atoms with Crippen molar-refractivity contribution >= 4 is 11.3 Å². The molecular formula is C8H7F3N2S. The monoisotopic (exact) mass is 220 g/mol. The quantitative estimate of drug-likeness (QED) is 0.729. The summed E-state index contributed by atoms with van der Waals surface area (Å²) in [6.45, 7) is 3.07. The number of hydrogen-bond donors (Lipinski definition) is 0. The summed E-state index contributed by atoms with van der Waals surface area (Å²) < 4.78 is 36.5. The molecule has 0 unspecified atom stereocenters. The van der Waals surface area contributed by atoms with E-state index in [0.717, 1.165) is 16.7 Å². The Bertz CT molecular complexity index is 373. The molecule has 0 N–H and O–H groups in total. The molecule has 0 bridgehead atoms. The summed E-state index contributed by atoms with van der Waals surface area (Å²) in [6, 6.07) is 1.90. The zero-order valence-electron chi connectivity index (χ0n) is 7.51. The van der Waals surface area contributed by atoms with Crippen LogP contribution in [0.2, 0.25) is 0 Å². The molecule has 0 aliphatic rings. The van der Waals surface area contributed by atoms with Gasteiger partial charge in [0.05, 0.1) is 6.07 Å². The summed E-state index contributed by atoms with van der Waals surface area (Å²) in [5.41, 5.74) is -1.89. The summed E-state index contributed by atoms with van der Waals surface area (Å²) in [5.74, 6) is 0. The minimum absolute atomic E-state index is 0.187. The van der Waals surface area contributed by atoms with Crippen LogP contribution < -0.4 is 0 Å². The predicted octanol–water partition coefficient (Wildman–Crippen LogP) is 2.96. The second-order valence-corrected chi connectivity index (χ2v) is 4.13. The second-order valence-electron chi connectivity index (χ2n) is 3.27. The van der Waals surface area contributed by atoms with Gasteiger partial charge in [0.15, 0.2) is 5.69 Å². The Labute approximate surface area is 83.0 Å².